The van der Waals surface area contributed by atoms with E-state index < -0.39 is 0 Å². The molecule has 0 atom stereocenters. The first-order valence-corrected chi connectivity index (χ1v) is 7.10. The van der Waals surface area contributed by atoms with E-state index in [0.29, 0.717) is 6.04 Å². The summed E-state index contributed by atoms with van der Waals surface area (Å²) in [6.45, 7) is 12.0. The van der Waals surface area contributed by atoms with Crippen molar-refractivity contribution in [3.05, 3.63) is 30.1 Å². The van der Waals surface area contributed by atoms with Gasteiger partial charge in [-0.1, -0.05) is 26.0 Å². The highest BCUT2D eigenvalue weighted by molar-refractivity contribution is 5.76. The first-order valence-electron chi connectivity index (χ1n) is 7.10. The van der Waals surface area contributed by atoms with E-state index in [2.05, 4.69) is 68.8 Å². The standard InChI is InChI=1S/C16H25N3/c1-12(2)17-11-10-15-18-13-8-6-7-9-14(13)19(15)16(3,4)5/h6-9,12,17H,10-11H2,1-5H3. The van der Waals surface area contributed by atoms with Crippen LogP contribution >= 0.6 is 0 Å². The Hall–Kier alpha value is -1.35. The Kier molecular flexibility index (Phi) is 3.95. The van der Waals surface area contributed by atoms with Gasteiger partial charge in [-0.15, -0.1) is 0 Å². The quantitative estimate of drug-likeness (QED) is 0.912. The van der Waals surface area contributed by atoms with Gasteiger partial charge in [-0.25, -0.2) is 4.98 Å². The van der Waals surface area contributed by atoms with Gasteiger partial charge in [0.25, 0.3) is 0 Å². The molecule has 0 aliphatic carbocycles. The number of hydrogen-bond donors (Lipinski definition) is 1. The first-order chi connectivity index (χ1) is 8.89. The van der Waals surface area contributed by atoms with Crippen LogP contribution in [0.15, 0.2) is 24.3 Å². The second-order valence-corrected chi connectivity index (χ2v) is 6.38. The highest BCUT2D eigenvalue weighted by Crippen LogP contribution is 2.25. The van der Waals surface area contributed by atoms with Gasteiger partial charge in [0, 0.05) is 24.5 Å². The van der Waals surface area contributed by atoms with Gasteiger partial charge in [-0.3, -0.25) is 0 Å². The summed E-state index contributed by atoms with van der Waals surface area (Å²) in [6.07, 6.45) is 0.962. The van der Waals surface area contributed by atoms with Crippen molar-refractivity contribution >= 4 is 11.0 Å². The third-order valence-corrected chi connectivity index (χ3v) is 3.20. The smallest absolute Gasteiger partial charge is 0.111 e. The van der Waals surface area contributed by atoms with Crippen molar-refractivity contribution in [1.29, 1.82) is 0 Å². The van der Waals surface area contributed by atoms with Crippen molar-refractivity contribution in [2.24, 2.45) is 0 Å². The van der Waals surface area contributed by atoms with Gasteiger partial charge >= 0.3 is 0 Å². The van der Waals surface area contributed by atoms with E-state index in [0.717, 1.165) is 18.5 Å². The summed E-state index contributed by atoms with van der Waals surface area (Å²) in [5.41, 5.74) is 2.38. The van der Waals surface area contributed by atoms with Gasteiger partial charge in [-0.05, 0) is 32.9 Å². The average Bonchev–Trinajstić information content (AvgIpc) is 2.66. The summed E-state index contributed by atoms with van der Waals surface area (Å²) in [5, 5.41) is 3.46. The monoisotopic (exact) mass is 259 g/mol. The molecule has 0 bridgehead atoms. The molecule has 2 aromatic rings. The molecule has 0 fully saturated rings. The molecule has 3 nitrogen and oxygen atoms in total. The van der Waals surface area contributed by atoms with Gasteiger partial charge < -0.3 is 9.88 Å². The van der Waals surface area contributed by atoms with E-state index in [1.165, 1.54) is 11.3 Å². The van der Waals surface area contributed by atoms with E-state index in [1.54, 1.807) is 0 Å². The lowest BCUT2D eigenvalue weighted by Gasteiger charge is -2.25. The van der Waals surface area contributed by atoms with Gasteiger partial charge in [0.1, 0.15) is 5.82 Å². The first kappa shape index (κ1) is 14.1. The highest BCUT2D eigenvalue weighted by Gasteiger charge is 2.20. The third-order valence-electron chi connectivity index (χ3n) is 3.20. The second-order valence-electron chi connectivity index (χ2n) is 6.38. The predicted molar refractivity (Wildman–Crippen MR) is 81.6 cm³/mol. The number of benzene rings is 1. The number of fused-ring (bicyclic) bond motifs is 1. The number of imidazole rings is 1. The largest absolute Gasteiger partial charge is 0.323 e. The van der Waals surface area contributed by atoms with Crippen molar-refractivity contribution in [1.82, 2.24) is 14.9 Å². The molecule has 1 N–H and O–H groups in total. The SMILES string of the molecule is CC(C)NCCc1nc2ccccc2n1C(C)(C)C. The second kappa shape index (κ2) is 5.33. The van der Waals surface area contributed by atoms with Crippen LogP contribution in [0.25, 0.3) is 11.0 Å². The van der Waals surface area contributed by atoms with Crippen LogP contribution in [-0.2, 0) is 12.0 Å². The molecule has 0 saturated heterocycles. The van der Waals surface area contributed by atoms with Gasteiger partial charge in [-0.2, -0.15) is 0 Å². The zero-order valence-electron chi connectivity index (χ0n) is 12.7. The lowest BCUT2D eigenvalue weighted by molar-refractivity contribution is 0.391. The number of para-hydroxylation sites is 2. The number of nitrogens with zero attached hydrogens (tertiary/aromatic N) is 2. The Morgan fingerprint density at radius 2 is 1.89 bits per heavy atom. The zero-order valence-corrected chi connectivity index (χ0v) is 12.7. The van der Waals surface area contributed by atoms with Crippen molar-refractivity contribution in [3.63, 3.8) is 0 Å². The fourth-order valence-corrected chi connectivity index (χ4v) is 2.46. The molecular formula is C16H25N3. The van der Waals surface area contributed by atoms with Gasteiger partial charge in [0.05, 0.1) is 11.0 Å². The van der Waals surface area contributed by atoms with Crippen molar-refractivity contribution in [2.75, 3.05) is 6.54 Å². The molecule has 104 valence electrons. The molecule has 1 aromatic carbocycles. The van der Waals surface area contributed by atoms with Crippen molar-refractivity contribution < 1.29 is 0 Å². The number of aromatic nitrogens is 2. The number of nitrogens with one attached hydrogen (secondary N) is 1. The van der Waals surface area contributed by atoms with E-state index >= 15 is 0 Å². The Labute approximate surface area is 116 Å². The summed E-state index contributed by atoms with van der Waals surface area (Å²) in [6, 6.07) is 8.91. The zero-order chi connectivity index (χ0) is 14.0. The van der Waals surface area contributed by atoms with E-state index in [-0.39, 0.29) is 5.54 Å². The Morgan fingerprint density at radius 1 is 1.21 bits per heavy atom. The summed E-state index contributed by atoms with van der Waals surface area (Å²) in [4.78, 5) is 4.80. The van der Waals surface area contributed by atoms with Gasteiger partial charge in [0.15, 0.2) is 0 Å². The molecule has 19 heavy (non-hydrogen) atoms. The van der Waals surface area contributed by atoms with Crippen LogP contribution in [0.3, 0.4) is 0 Å². The summed E-state index contributed by atoms with van der Waals surface area (Å²) in [7, 11) is 0. The Balaban J connectivity index is 2.36. The minimum atomic E-state index is 0.0588. The van der Waals surface area contributed by atoms with Crippen LogP contribution in [0.1, 0.15) is 40.4 Å². The molecule has 1 aromatic heterocycles. The molecule has 3 heteroatoms. The summed E-state index contributed by atoms with van der Waals surface area (Å²) >= 11 is 0. The molecule has 0 aliphatic rings. The van der Waals surface area contributed by atoms with Crippen LogP contribution in [0.4, 0.5) is 0 Å². The minimum Gasteiger partial charge on any atom is -0.323 e. The van der Waals surface area contributed by atoms with Crippen LogP contribution in [0, 0.1) is 0 Å². The van der Waals surface area contributed by atoms with Crippen LogP contribution in [0.5, 0.6) is 0 Å². The van der Waals surface area contributed by atoms with E-state index in [1.807, 2.05) is 0 Å². The third kappa shape index (κ3) is 3.16. The van der Waals surface area contributed by atoms with Crippen LogP contribution in [0.2, 0.25) is 0 Å². The van der Waals surface area contributed by atoms with Crippen molar-refractivity contribution in [3.8, 4) is 0 Å². The lowest BCUT2D eigenvalue weighted by atomic mass is 10.1. The number of hydrogen-bond acceptors (Lipinski definition) is 2. The molecule has 0 unspecified atom stereocenters. The summed E-state index contributed by atoms with van der Waals surface area (Å²) < 4.78 is 2.37. The fraction of sp³-hybridized carbons (Fsp3) is 0.562. The topological polar surface area (TPSA) is 29.9 Å². The maximum Gasteiger partial charge on any atom is 0.111 e. The van der Waals surface area contributed by atoms with Crippen molar-refractivity contribution in [2.45, 2.75) is 52.6 Å². The lowest BCUT2D eigenvalue weighted by Crippen LogP contribution is -2.28. The normalized spacial score (nSPS) is 12.5. The molecule has 0 saturated carbocycles. The molecule has 0 amide bonds. The Morgan fingerprint density at radius 3 is 2.53 bits per heavy atom. The highest BCUT2D eigenvalue weighted by atomic mass is 15.1. The number of rotatable bonds is 4. The molecule has 1 heterocycles. The van der Waals surface area contributed by atoms with E-state index in [4.69, 9.17) is 4.98 Å². The maximum absolute atomic E-state index is 4.80. The van der Waals surface area contributed by atoms with E-state index in [9.17, 15) is 0 Å². The predicted octanol–water partition coefficient (Wildman–Crippen LogP) is 3.33. The molecular weight excluding hydrogens is 234 g/mol. The fourth-order valence-electron chi connectivity index (χ4n) is 2.46. The maximum atomic E-state index is 4.80. The Bertz CT molecular complexity index is 547. The van der Waals surface area contributed by atoms with Crippen LogP contribution in [-0.4, -0.2) is 22.1 Å². The molecule has 0 radical (unpaired) electrons. The molecule has 2 rings (SSSR count). The molecule has 0 aliphatic heterocycles. The minimum absolute atomic E-state index is 0.0588. The average molecular weight is 259 g/mol. The van der Waals surface area contributed by atoms with Crippen LogP contribution < -0.4 is 5.32 Å². The summed E-state index contributed by atoms with van der Waals surface area (Å²) in [5.74, 6) is 1.17. The molecule has 0 spiro atoms. The van der Waals surface area contributed by atoms with Gasteiger partial charge in [0.2, 0.25) is 0 Å².